The Morgan fingerprint density at radius 2 is 1.58 bits per heavy atom. The van der Waals surface area contributed by atoms with Gasteiger partial charge in [0.15, 0.2) is 6.10 Å². The highest BCUT2D eigenvalue weighted by molar-refractivity contribution is 5.81. The molecule has 4 heteroatoms. The molecule has 0 aromatic heterocycles. The fourth-order valence-corrected chi connectivity index (χ4v) is 3.95. The van der Waals surface area contributed by atoms with E-state index in [1.807, 2.05) is 19.1 Å². The highest BCUT2D eigenvalue weighted by atomic mass is 16.5. The van der Waals surface area contributed by atoms with Gasteiger partial charge in [-0.05, 0) is 73.4 Å². The molecule has 1 heterocycles. The van der Waals surface area contributed by atoms with Crippen LogP contribution in [0.3, 0.4) is 0 Å². The van der Waals surface area contributed by atoms with Crippen LogP contribution in [0.5, 0.6) is 5.75 Å². The van der Waals surface area contributed by atoms with E-state index in [2.05, 4.69) is 74.3 Å². The van der Waals surface area contributed by atoms with Crippen molar-refractivity contribution in [2.45, 2.75) is 71.9 Å². The number of ether oxygens (including phenoxy) is 1. The lowest BCUT2D eigenvalue weighted by atomic mass is 9.87. The predicted octanol–water partition coefficient (Wildman–Crippen LogP) is 5.87. The smallest absolute Gasteiger partial charge is 0.261 e. The van der Waals surface area contributed by atoms with Gasteiger partial charge in [0.25, 0.3) is 5.91 Å². The van der Waals surface area contributed by atoms with Crippen LogP contribution in [0.25, 0.3) is 0 Å². The quantitative estimate of drug-likeness (QED) is 0.633. The molecule has 0 spiro atoms. The average Bonchev–Trinajstić information content (AvgIpc) is 2.74. The van der Waals surface area contributed by atoms with Gasteiger partial charge in [-0.25, -0.2) is 0 Å². The number of anilines is 1. The number of rotatable bonds is 6. The number of nitrogens with one attached hydrogen (secondary N) is 1. The van der Waals surface area contributed by atoms with E-state index in [0.29, 0.717) is 5.75 Å². The van der Waals surface area contributed by atoms with Gasteiger partial charge in [-0.3, -0.25) is 4.79 Å². The molecule has 2 aromatic carbocycles. The summed E-state index contributed by atoms with van der Waals surface area (Å²) in [5, 5.41) is 3.08. The fourth-order valence-electron chi connectivity index (χ4n) is 3.95. The Hall–Kier alpha value is -2.49. The van der Waals surface area contributed by atoms with Gasteiger partial charge in [0, 0.05) is 18.8 Å². The number of benzene rings is 2. The normalized spacial score (nSPS) is 17.2. The summed E-state index contributed by atoms with van der Waals surface area (Å²) < 4.78 is 5.87. The molecule has 0 bridgehead atoms. The zero-order valence-corrected chi connectivity index (χ0v) is 19.9. The summed E-state index contributed by atoms with van der Waals surface area (Å²) in [5.74, 6) is 1.43. The van der Waals surface area contributed by atoms with E-state index in [-0.39, 0.29) is 17.4 Å². The molecule has 3 rings (SSSR count). The highest BCUT2D eigenvalue weighted by Crippen LogP contribution is 2.26. The van der Waals surface area contributed by atoms with Gasteiger partial charge in [0.05, 0.1) is 6.04 Å². The first-order valence-corrected chi connectivity index (χ1v) is 11.6. The molecule has 0 aliphatic carbocycles. The third-order valence-corrected chi connectivity index (χ3v) is 6.30. The number of carbonyl (C=O) groups excluding carboxylic acids is 1. The molecule has 1 aliphatic heterocycles. The lowest BCUT2D eigenvalue weighted by Crippen LogP contribution is -2.37. The summed E-state index contributed by atoms with van der Waals surface area (Å²) in [6.45, 7) is 14.9. The Labute approximate surface area is 188 Å². The van der Waals surface area contributed by atoms with Gasteiger partial charge in [0.1, 0.15) is 5.75 Å². The first-order valence-electron chi connectivity index (χ1n) is 11.6. The second-order valence-corrected chi connectivity index (χ2v) is 10.0. The van der Waals surface area contributed by atoms with Crippen LogP contribution >= 0.6 is 0 Å². The summed E-state index contributed by atoms with van der Waals surface area (Å²) in [4.78, 5) is 15.1. The van der Waals surface area contributed by atoms with Crippen molar-refractivity contribution in [1.29, 1.82) is 0 Å². The minimum absolute atomic E-state index is 0.0720. The molecule has 0 unspecified atom stereocenters. The number of piperidine rings is 1. The van der Waals surface area contributed by atoms with Gasteiger partial charge in [-0.2, -0.15) is 0 Å². The van der Waals surface area contributed by atoms with Crippen LogP contribution in [-0.2, 0) is 10.2 Å². The molecule has 1 amide bonds. The van der Waals surface area contributed by atoms with E-state index >= 15 is 0 Å². The van der Waals surface area contributed by atoms with E-state index < -0.39 is 6.10 Å². The van der Waals surface area contributed by atoms with Gasteiger partial charge in [-0.1, -0.05) is 52.0 Å². The Morgan fingerprint density at radius 3 is 2.13 bits per heavy atom. The molecule has 2 atom stereocenters. The fraction of sp³-hybridized carbons (Fsp3) is 0.519. The van der Waals surface area contributed by atoms with Gasteiger partial charge in [0.2, 0.25) is 0 Å². The number of carbonyl (C=O) groups is 1. The summed E-state index contributed by atoms with van der Waals surface area (Å²) >= 11 is 0. The average molecular weight is 423 g/mol. The monoisotopic (exact) mass is 422 g/mol. The molecule has 1 fully saturated rings. The molecule has 0 saturated carbocycles. The third-order valence-electron chi connectivity index (χ3n) is 6.30. The van der Waals surface area contributed by atoms with Crippen LogP contribution in [0, 0.1) is 5.92 Å². The molecule has 1 saturated heterocycles. The summed E-state index contributed by atoms with van der Waals surface area (Å²) in [5.41, 5.74) is 3.71. The number of amides is 1. The number of hydrogen-bond donors (Lipinski definition) is 1. The maximum atomic E-state index is 12.7. The van der Waals surface area contributed by atoms with Crippen LogP contribution in [0.4, 0.5) is 5.69 Å². The first kappa shape index (κ1) is 23.2. The van der Waals surface area contributed by atoms with Crippen molar-refractivity contribution >= 4 is 11.6 Å². The van der Waals surface area contributed by atoms with Crippen molar-refractivity contribution < 1.29 is 9.53 Å². The van der Waals surface area contributed by atoms with Crippen LogP contribution < -0.4 is 15.0 Å². The Morgan fingerprint density at radius 1 is 1.00 bits per heavy atom. The molecular weight excluding hydrogens is 384 g/mol. The second kappa shape index (κ2) is 9.76. The van der Waals surface area contributed by atoms with E-state index in [9.17, 15) is 4.79 Å². The first-order chi connectivity index (χ1) is 14.6. The SMILES string of the molecule is CC1CCN(c2ccc([C@@H](C)NC(=O)[C@H](C)Oc3ccc(C(C)(C)C)cc3)cc2)CC1. The van der Waals surface area contributed by atoms with E-state index in [1.165, 1.54) is 24.1 Å². The molecular formula is C27H38N2O2. The summed E-state index contributed by atoms with van der Waals surface area (Å²) in [6, 6.07) is 16.5. The molecule has 4 nitrogen and oxygen atoms in total. The topological polar surface area (TPSA) is 41.6 Å². The second-order valence-electron chi connectivity index (χ2n) is 10.0. The van der Waals surface area contributed by atoms with Crippen molar-refractivity contribution in [2.75, 3.05) is 18.0 Å². The Kier molecular flexibility index (Phi) is 7.30. The summed E-state index contributed by atoms with van der Waals surface area (Å²) in [7, 11) is 0. The maximum absolute atomic E-state index is 12.7. The van der Waals surface area contributed by atoms with Gasteiger partial charge >= 0.3 is 0 Å². The van der Waals surface area contributed by atoms with Crippen LogP contribution in [0.1, 0.15) is 71.6 Å². The lowest BCUT2D eigenvalue weighted by molar-refractivity contribution is -0.127. The van der Waals surface area contributed by atoms with Crippen molar-refractivity contribution in [3.8, 4) is 5.75 Å². The largest absolute Gasteiger partial charge is 0.481 e. The standard InChI is InChI=1S/C27H38N2O2/c1-19-15-17-29(18-16-19)24-11-7-22(8-12-24)20(2)28-26(30)21(3)31-25-13-9-23(10-14-25)27(4,5)6/h7-14,19-21H,15-18H2,1-6H3,(H,28,30)/t20-,21+/m1/s1. The van der Waals surface area contributed by atoms with Gasteiger partial charge < -0.3 is 15.0 Å². The van der Waals surface area contributed by atoms with Crippen molar-refractivity contribution in [1.82, 2.24) is 5.32 Å². The van der Waals surface area contributed by atoms with Gasteiger partial charge in [-0.15, -0.1) is 0 Å². The highest BCUT2D eigenvalue weighted by Gasteiger charge is 2.20. The summed E-state index contributed by atoms with van der Waals surface area (Å²) in [6.07, 6.45) is 1.95. The number of nitrogens with zero attached hydrogens (tertiary/aromatic N) is 1. The molecule has 31 heavy (non-hydrogen) atoms. The van der Waals surface area contributed by atoms with E-state index in [0.717, 1.165) is 24.6 Å². The third kappa shape index (κ3) is 6.25. The minimum atomic E-state index is -0.558. The van der Waals surface area contributed by atoms with Crippen LogP contribution in [-0.4, -0.2) is 25.1 Å². The molecule has 2 aromatic rings. The Bertz CT molecular complexity index is 844. The van der Waals surface area contributed by atoms with Crippen molar-refractivity contribution in [2.24, 2.45) is 5.92 Å². The van der Waals surface area contributed by atoms with Crippen molar-refractivity contribution in [3.63, 3.8) is 0 Å². The zero-order valence-electron chi connectivity index (χ0n) is 19.9. The molecule has 168 valence electrons. The molecule has 1 N–H and O–H groups in total. The molecule has 1 aliphatic rings. The zero-order chi connectivity index (χ0) is 22.6. The molecule has 0 radical (unpaired) electrons. The Balaban J connectivity index is 1.53. The van der Waals surface area contributed by atoms with Crippen LogP contribution in [0.15, 0.2) is 48.5 Å². The van der Waals surface area contributed by atoms with E-state index in [1.54, 1.807) is 6.92 Å². The number of hydrogen-bond acceptors (Lipinski definition) is 3. The maximum Gasteiger partial charge on any atom is 0.261 e. The lowest BCUT2D eigenvalue weighted by Gasteiger charge is -2.32. The van der Waals surface area contributed by atoms with Crippen LogP contribution in [0.2, 0.25) is 0 Å². The minimum Gasteiger partial charge on any atom is -0.481 e. The van der Waals surface area contributed by atoms with E-state index in [4.69, 9.17) is 4.74 Å². The van der Waals surface area contributed by atoms with Crippen molar-refractivity contribution in [3.05, 3.63) is 59.7 Å². The predicted molar refractivity (Wildman–Crippen MR) is 129 cm³/mol.